The molecular weight excluding hydrogens is 262 g/mol. The molecule has 108 valence electrons. The number of pyridine rings is 1. The number of ether oxygens (including phenoxy) is 1. The van der Waals surface area contributed by atoms with E-state index in [1.165, 1.54) is 0 Å². The van der Waals surface area contributed by atoms with Crippen LogP contribution in [0.2, 0.25) is 0 Å². The molecule has 3 rings (SSSR count). The van der Waals surface area contributed by atoms with Gasteiger partial charge in [-0.3, -0.25) is 0 Å². The van der Waals surface area contributed by atoms with Crippen LogP contribution in [0.5, 0.6) is 5.75 Å². The lowest BCUT2D eigenvalue weighted by Crippen LogP contribution is -2.31. The number of imidazole rings is 1. The molecule has 0 unspecified atom stereocenters. The van der Waals surface area contributed by atoms with Crippen molar-refractivity contribution in [2.45, 2.75) is 19.4 Å². The summed E-state index contributed by atoms with van der Waals surface area (Å²) >= 11 is 0. The van der Waals surface area contributed by atoms with Crippen molar-refractivity contribution in [1.29, 1.82) is 0 Å². The number of methoxy groups -OCH3 is 1. The van der Waals surface area contributed by atoms with Crippen LogP contribution in [0.25, 0.3) is 16.6 Å². The highest BCUT2D eigenvalue weighted by atomic mass is 16.5. The van der Waals surface area contributed by atoms with Crippen LogP contribution in [0.1, 0.15) is 19.7 Å². The fraction of sp³-hybridized carbons (Fsp3) is 0.235. The van der Waals surface area contributed by atoms with E-state index in [0.717, 1.165) is 28.2 Å². The predicted molar refractivity (Wildman–Crippen MR) is 84.4 cm³/mol. The number of hydrogen-bond donors (Lipinski definition) is 1. The Morgan fingerprint density at radius 1 is 1.14 bits per heavy atom. The molecule has 0 fully saturated rings. The van der Waals surface area contributed by atoms with Crippen molar-refractivity contribution < 1.29 is 4.74 Å². The molecule has 4 nitrogen and oxygen atoms in total. The second kappa shape index (κ2) is 4.90. The lowest BCUT2D eigenvalue weighted by molar-refractivity contribution is 0.415. The van der Waals surface area contributed by atoms with Crippen LogP contribution in [-0.2, 0) is 5.54 Å². The number of fused-ring (bicyclic) bond motifs is 1. The van der Waals surface area contributed by atoms with Gasteiger partial charge in [0.15, 0.2) is 0 Å². The summed E-state index contributed by atoms with van der Waals surface area (Å²) in [5, 5.41) is 0. The van der Waals surface area contributed by atoms with Gasteiger partial charge in [-0.15, -0.1) is 0 Å². The van der Waals surface area contributed by atoms with E-state index in [1.807, 2.05) is 44.4 Å². The van der Waals surface area contributed by atoms with Gasteiger partial charge in [0.05, 0.1) is 24.4 Å². The van der Waals surface area contributed by atoms with Crippen LogP contribution >= 0.6 is 0 Å². The van der Waals surface area contributed by atoms with Crippen molar-refractivity contribution in [2.24, 2.45) is 5.73 Å². The van der Waals surface area contributed by atoms with E-state index in [1.54, 1.807) is 7.11 Å². The molecule has 0 amide bonds. The third kappa shape index (κ3) is 2.38. The number of hydrogen-bond acceptors (Lipinski definition) is 3. The van der Waals surface area contributed by atoms with Crippen molar-refractivity contribution in [2.75, 3.05) is 7.11 Å². The molecule has 0 bridgehead atoms. The molecule has 1 aromatic carbocycles. The molecule has 0 saturated heterocycles. The van der Waals surface area contributed by atoms with Gasteiger partial charge in [-0.05, 0) is 37.6 Å². The third-order valence-electron chi connectivity index (χ3n) is 3.55. The monoisotopic (exact) mass is 281 g/mol. The second-order valence-corrected chi connectivity index (χ2v) is 5.71. The Morgan fingerprint density at radius 2 is 1.86 bits per heavy atom. The molecule has 3 aromatic rings. The molecule has 0 spiro atoms. The van der Waals surface area contributed by atoms with Crippen LogP contribution in [0.4, 0.5) is 0 Å². The zero-order valence-electron chi connectivity index (χ0n) is 12.5. The topological polar surface area (TPSA) is 52.5 Å². The first-order valence-electron chi connectivity index (χ1n) is 6.90. The third-order valence-corrected chi connectivity index (χ3v) is 3.55. The van der Waals surface area contributed by atoms with Crippen molar-refractivity contribution in [3.05, 3.63) is 54.6 Å². The van der Waals surface area contributed by atoms with Crippen molar-refractivity contribution in [1.82, 2.24) is 9.38 Å². The van der Waals surface area contributed by atoms with Crippen molar-refractivity contribution in [3.63, 3.8) is 0 Å². The van der Waals surface area contributed by atoms with Gasteiger partial charge in [0.2, 0.25) is 0 Å². The molecule has 0 saturated carbocycles. The summed E-state index contributed by atoms with van der Waals surface area (Å²) in [7, 11) is 1.67. The second-order valence-electron chi connectivity index (χ2n) is 5.71. The molecule has 2 aromatic heterocycles. The fourth-order valence-electron chi connectivity index (χ4n) is 2.51. The molecule has 4 heteroatoms. The SMILES string of the molecule is COc1ccc(-c2cccn3c(C(C)(C)N)ncc23)cc1. The van der Waals surface area contributed by atoms with E-state index in [-0.39, 0.29) is 0 Å². The Morgan fingerprint density at radius 3 is 2.48 bits per heavy atom. The maximum Gasteiger partial charge on any atom is 0.132 e. The molecule has 2 N–H and O–H groups in total. The Hall–Kier alpha value is -2.33. The highest BCUT2D eigenvalue weighted by Crippen LogP contribution is 2.28. The zero-order valence-corrected chi connectivity index (χ0v) is 12.5. The van der Waals surface area contributed by atoms with Gasteiger partial charge in [0.25, 0.3) is 0 Å². The molecule has 0 aliphatic heterocycles. The Kier molecular flexibility index (Phi) is 3.18. The number of nitrogens with zero attached hydrogens (tertiary/aromatic N) is 2. The number of benzene rings is 1. The molecular formula is C17H19N3O. The summed E-state index contributed by atoms with van der Waals surface area (Å²) in [5.74, 6) is 1.70. The molecule has 0 radical (unpaired) electrons. The Balaban J connectivity index is 2.17. The molecule has 21 heavy (non-hydrogen) atoms. The lowest BCUT2D eigenvalue weighted by atomic mass is 10.0. The number of nitrogens with two attached hydrogens (primary N) is 1. The zero-order chi connectivity index (χ0) is 15.0. The van der Waals surface area contributed by atoms with Gasteiger partial charge in [0.1, 0.15) is 11.6 Å². The first-order valence-corrected chi connectivity index (χ1v) is 6.90. The van der Waals surface area contributed by atoms with Gasteiger partial charge >= 0.3 is 0 Å². The van der Waals surface area contributed by atoms with Gasteiger partial charge in [-0.25, -0.2) is 4.98 Å². The molecule has 0 atom stereocenters. The average Bonchev–Trinajstić information content (AvgIpc) is 2.91. The quantitative estimate of drug-likeness (QED) is 0.802. The molecule has 0 aliphatic rings. The average molecular weight is 281 g/mol. The highest BCUT2D eigenvalue weighted by Gasteiger charge is 2.20. The summed E-state index contributed by atoms with van der Waals surface area (Å²) in [6, 6.07) is 12.1. The van der Waals surface area contributed by atoms with E-state index in [9.17, 15) is 0 Å². The first kappa shape index (κ1) is 13.6. The van der Waals surface area contributed by atoms with E-state index >= 15 is 0 Å². The van der Waals surface area contributed by atoms with E-state index in [0.29, 0.717) is 0 Å². The molecule has 2 heterocycles. The van der Waals surface area contributed by atoms with Crippen LogP contribution in [0, 0.1) is 0 Å². The maximum absolute atomic E-state index is 6.19. The van der Waals surface area contributed by atoms with Crippen LogP contribution < -0.4 is 10.5 Å². The lowest BCUT2D eigenvalue weighted by Gasteiger charge is -2.17. The summed E-state index contributed by atoms with van der Waals surface area (Å²) in [6.45, 7) is 3.92. The Labute approximate surface area is 124 Å². The summed E-state index contributed by atoms with van der Waals surface area (Å²) in [4.78, 5) is 4.50. The van der Waals surface area contributed by atoms with Crippen molar-refractivity contribution in [3.8, 4) is 16.9 Å². The fourth-order valence-corrected chi connectivity index (χ4v) is 2.51. The minimum atomic E-state index is -0.481. The predicted octanol–water partition coefficient (Wildman–Crippen LogP) is 3.20. The van der Waals surface area contributed by atoms with Crippen LogP contribution in [0.15, 0.2) is 48.8 Å². The largest absolute Gasteiger partial charge is 0.497 e. The summed E-state index contributed by atoms with van der Waals surface area (Å²) in [5.41, 5.74) is 9.02. The van der Waals surface area contributed by atoms with E-state index in [2.05, 4.69) is 27.6 Å². The van der Waals surface area contributed by atoms with Gasteiger partial charge in [0, 0.05) is 11.8 Å². The van der Waals surface area contributed by atoms with Crippen molar-refractivity contribution >= 4 is 5.52 Å². The number of rotatable bonds is 3. The molecule has 0 aliphatic carbocycles. The first-order chi connectivity index (χ1) is 10.0. The highest BCUT2D eigenvalue weighted by molar-refractivity contribution is 5.80. The minimum absolute atomic E-state index is 0.481. The van der Waals surface area contributed by atoms with Crippen LogP contribution in [-0.4, -0.2) is 16.5 Å². The van der Waals surface area contributed by atoms with Gasteiger partial charge in [-0.1, -0.05) is 18.2 Å². The summed E-state index contributed by atoms with van der Waals surface area (Å²) in [6.07, 6.45) is 3.88. The Bertz CT molecular complexity index is 767. The summed E-state index contributed by atoms with van der Waals surface area (Å²) < 4.78 is 7.26. The van der Waals surface area contributed by atoms with Gasteiger partial charge in [-0.2, -0.15) is 0 Å². The van der Waals surface area contributed by atoms with E-state index < -0.39 is 5.54 Å². The van der Waals surface area contributed by atoms with E-state index in [4.69, 9.17) is 10.5 Å². The minimum Gasteiger partial charge on any atom is -0.497 e. The smallest absolute Gasteiger partial charge is 0.132 e. The van der Waals surface area contributed by atoms with Gasteiger partial charge < -0.3 is 14.9 Å². The van der Waals surface area contributed by atoms with Crippen LogP contribution in [0.3, 0.4) is 0 Å². The number of aromatic nitrogens is 2. The standard InChI is InChI=1S/C17H19N3O/c1-17(2,18)16-19-11-15-14(5-4-10-20(15)16)12-6-8-13(21-3)9-7-12/h4-11H,18H2,1-3H3. The maximum atomic E-state index is 6.19. The normalized spacial score (nSPS) is 11.8.